The molecule has 1 N–H and O–H groups in total. The van der Waals surface area contributed by atoms with Crippen LogP contribution in [0, 0.1) is 5.92 Å². The zero-order valence-corrected chi connectivity index (χ0v) is 20.1. The van der Waals surface area contributed by atoms with Gasteiger partial charge in [-0.3, -0.25) is 4.90 Å². The summed E-state index contributed by atoms with van der Waals surface area (Å²) in [5.41, 5.74) is 0.556. The van der Waals surface area contributed by atoms with Gasteiger partial charge in [-0.15, -0.1) is 0 Å². The van der Waals surface area contributed by atoms with Crippen molar-refractivity contribution in [3.05, 3.63) is 77.6 Å². The van der Waals surface area contributed by atoms with Crippen molar-refractivity contribution in [3.8, 4) is 11.5 Å². The van der Waals surface area contributed by atoms with Gasteiger partial charge in [0.2, 0.25) is 0 Å². The minimum Gasteiger partial charge on any atom is -0.457 e. The van der Waals surface area contributed by atoms with Gasteiger partial charge in [0.25, 0.3) is 0 Å². The lowest BCUT2D eigenvalue weighted by molar-refractivity contribution is 0.0571. The second-order valence-corrected chi connectivity index (χ2v) is 9.02. The number of carbonyl (C=O) groups excluding carboxylic acids is 2. The van der Waals surface area contributed by atoms with Gasteiger partial charge in [-0.2, -0.15) is 0 Å². The fourth-order valence-corrected chi connectivity index (χ4v) is 4.20. The van der Waals surface area contributed by atoms with Gasteiger partial charge in [0, 0.05) is 22.7 Å². The topological polar surface area (TPSA) is 77.1 Å². The van der Waals surface area contributed by atoms with Crippen molar-refractivity contribution in [2.75, 3.05) is 11.5 Å². The fourth-order valence-electron chi connectivity index (χ4n) is 4.07. The molecule has 1 heterocycles. The van der Waals surface area contributed by atoms with Crippen LogP contribution in [0.15, 0.2) is 72.6 Å². The Kier molecular flexibility index (Phi) is 7.60. The summed E-state index contributed by atoms with van der Waals surface area (Å²) in [4.78, 5) is 26.4. The molecule has 0 bridgehead atoms. The van der Waals surface area contributed by atoms with Crippen molar-refractivity contribution in [2.24, 2.45) is 5.92 Å². The molecule has 2 aromatic rings. The Hall–Kier alpha value is -3.52. The van der Waals surface area contributed by atoms with E-state index in [1.54, 1.807) is 54.6 Å². The van der Waals surface area contributed by atoms with Crippen LogP contribution in [0.1, 0.15) is 20.3 Å². The maximum absolute atomic E-state index is 14.1. The Balaban J connectivity index is 1.54. The number of halogens is 2. The van der Waals surface area contributed by atoms with Gasteiger partial charge in [0.15, 0.2) is 6.10 Å². The van der Waals surface area contributed by atoms with E-state index >= 15 is 0 Å². The molecule has 0 radical (unpaired) electrons. The number of amides is 2. The molecule has 1 unspecified atom stereocenters. The zero-order valence-electron chi connectivity index (χ0n) is 19.3. The Bertz CT molecular complexity index is 1120. The van der Waals surface area contributed by atoms with E-state index in [9.17, 15) is 14.0 Å². The van der Waals surface area contributed by atoms with Crippen LogP contribution in [-0.4, -0.2) is 37.0 Å². The minimum absolute atomic E-state index is 0.102. The number of hydrogen-bond donors (Lipinski definition) is 1. The first-order chi connectivity index (χ1) is 16.8. The minimum atomic E-state index is -0.772. The molecule has 1 aliphatic heterocycles. The van der Waals surface area contributed by atoms with E-state index in [0.29, 0.717) is 28.6 Å². The van der Waals surface area contributed by atoms with Crippen molar-refractivity contribution in [2.45, 2.75) is 38.5 Å². The number of nitrogens with zero attached hydrogens (tertiary/aromatic N) is 1. The van der Waals surface area contributed by atoms with Crippen LogP contribution < -0.4 is 15.0 Å². The standard InChI is InChI=1S/C26H26ClFN2O5/c1-16(2)29-25(31)33-15-23-24(17-4-3-5-19(28)14-17)30(26(32)35-23)20-8-12-22(13-9-20)34-21-10-6-18(27)7-11-21/h3,5-14,16-17,23-24H,4,15H2,1-2H3,(H,29,31)/t17?,23-,24-/m0/s1. The molecule has 2 amide bonds. The van der Waals surface area contributed by atoms with E-state index in [0.717, 1.165) is 0 Å². The van der Waals surface area contributed by atoms with E-state index in [1.165, 1.54) is 17.1 Å². The SMILES string of the molecule is CC(C)NC(=O)OC[C@@H]1OC(=O)N(c2ccc(Oc3ccc(Cl)cc3)cc2)[C@H]1C1C=C(F)C=CC1. The van der Waals surface area contributed by atoms with E-state index in [4.69, 9.17) is 25.8 Å². The summed E-state index contributed by atoms with van der Waals surface area (Å²) in [5, 5.41) is 3.24. The van der Waals surface area contributed by atoms with Gasteiger partial charge in [0.05, 0.1) is 6.04 Å². The van der Waals surface area contributed by atoms with Crippen molar-refractivity contribution in [1.82, 2.24) is 5.32 Å². The fraction of sp³-hybridized carbons (Fsp3) is 0.308. The predicted molar refractivity (Wildman–Crippen MR) is 131 cm³/mol. The second kappa shape index (κ2) is 10.8. The Labute approximate surface area is 208 Å². The molecular formula is C26H26ClFN2O5. The molecule has 2 aliphatic rings. The number of nitrogens with one attached hydrogen (secondary N) is 1. The van der Waals surface area contributed by atoms with Crippen LogP contribution in [-0.2, 0) is 9.47 Å². The lowest BCUT2D eigenvalue weighted by Gasteiger charge is -2.30. The maximum Gasteiger partial charge on any atom is 0.415 e. The Morgan fingerprint density at radius 2 is 1.83 bits per heavy atom. The average Bonchev–Trinajstić information content (AvgIpc) is 3.15. The molecule has 184 valence electrons. The maximum atomic E-state index is 14.1. The normalized spacial score (nSPS) is 21.5. The van der Waals surface area contributed by atoms with Crippen molar-refractivity contribution in [3.63, 3.8) is 0 Å². The smallest absolute Gasteiger partial charge is 0.415 e. The molecule has 0 aromatic heterocycles. The summed E-state index contributed by atoms with van der Waals surface area (Å²) in [6, 6.07) is 13.2. The van der Waals surface area contributed by atoms with Crippen molar-refractivity contribution in [1.29, 1.82) is 0 Å². The monoisotopic (exact) mass is 500 g/mol. The lowest BCUT2D eigenvalue weighted by Crippen LogP contribution is -2.44. The van der Waals surface area contributed by atoms with Crippen LogP contribution in [0.3, 0.4) is 0 Å². The predicted octanol–water partition coefficient (Wildman–Crippen LogP) is 6.39. The number of rotatable bonds is 7. The molecule has 7 nitrogen and oxygen atoms in total. The van der Waals surface area contributed by atoms with E-state index < -0.39 is 24.3 Å². The number of ether oxygens (including phenoxy) is 3. The molecule has 2 aromatic carbocycles. The molecule has 1 fully saturated rings. The molecule has 35 heavy (non-hydrogen) atoms. The number of alkyl carbamates (subject to hydrolysis) is 1. The van der Waals surface area contributed by atoms with E-state index in [-0.39, 0.29) is 24.4 Å². The van der Waals surface area contributed by atoms with Gasteiger partial charge in [-0.25, -0.2) is 14.0 Å². The first kappa shape index (κ1) is 24.6. The third-order valence-electron chi connectivity index (χ3n) is 5.57. The number of allylic oxidation sites excluding steroid dienone is 3. The van der Waals surface area contributed by atoms with Crippen LogP contribution >= 0.6 is 11.6 Å². The molecule has 0 spiro atoms. The molecule has 9 heteroatoms. The van der Waals surface area contributed by atoms with Gasteiger partial charge in [0.1, 0.15) is 23.9 Å². The van der Waals surface area contributed by atoms with Crippen LogP contribution in [0.4, 0.5) is 19.7 Å². The first-order valence-electron chi connectivity index (χ1n) is 11.3. The van der Waals surface area contributed by atoms with Crippen molar-refractivity contribution >= 4 is 29.5 Å². The van der Waals surface area contributed by atoms with Gasteiger partial charge in [-0.1, -0.05) is 17.7 Å². The molecule has 1 saturated heterocycles. The molecule has 3 atom stereocenters. The number of carbonyl (C=O) groups is 2. The Morgan fingerprint density at radius 3 is 2.46 bits per heavy atom. The second-order valence-electron chi connectivity index (χ2n) is 8.58. The van der Waals surface area contributed by atoms with Crippen LogP contribution in [0.2, 0.25) is 5.02 Å². The van der Waals surface area contributed by atoms with Gasteiger partial charge >= 0.3 is 12.2 Å². The number of benzene rings is 2. The van der Waals surface area contributed by atoms with Crippen molar-refractivity contribution < 1.29 is 28.2 Å². The highest BCUT2D eigenvalue weighted by Crippen LogP contribution is 2.36. The molecule has 0 saturated carbocycles. The average molecular weight is 501 g/mol. The highest BCUT2D eigenvalue weighted by molar-refractivity contribution is 6.30. The molecular weight excluding hydrogens is 475 g/mol. The summed E-state index contributed by atoms with van der Waals surface area (Å²) in [6.07, 6.45) is 3.11. The zero-order chi connectivity index (χ0) is 24.9. The molecule has 1 aliphatic carbocycles. The lowest BCUT2D eigenvalue weighted by atomic mass is 9.88. The highest BCUT2D eigenvalue weighted by atomic mass is 35.5. The molecule has 4 rings (SSSR count). The summed E-state index contributed by atoms with van der Waals surface area (Å²) in [5.74, 6) is 0.437. The summed E-state index contributed by atoms with van der Waals surface area (Å²) < 4.78 is 30.8. The number of anilines is 1. The van der Waals surface area contributed by atoms with E-state index in [2.05, 4.69) is 5.32 Å². The number of hydrogen-bond acceptors (Lipinski definition) is 5. The van der Waals surface area contributed by atoms with Gasteiger partial charge < -0.3 is 19.5 Å². The van der Waals surface area contributed by atoms with Crippen LogP contribution in [0.5, 0.6) is 11.5 Å². The Morgan fingerprint density at radius 1 is 1.17 bits per heavy atom. The summed E-state index contributed by atoms with van der Waals surface area (Å²) >= 11 is 5.91. The quantitative estimate of drug-likeness (QED) is 0.476. The van der Waals surface area contributed by atoms with Gasteiger partial charge in [-0.05, 0) is 81.0 Å². The summed E-state index contributed by atoms with van der Waals surface area (Å²) in [6.45, 7) is 3.46. The third-order valence-corrected chi connectivity index (χ3v) is 5.83. The van der Waals surface area contributed by atoms with Crippen LogP contribution in [0.25, 0.3) is 0 Å². The first-order valence-corrected chi connectivity index (χ1v) is 11.7. The highest BCUT2D eigenvalue weighted by Gasteiger charge is 2.47. The third kappa shape index (κ3) is 6.14. The number of cyclic esters (lactones) is 1. The van der Waals surface area contributed by atoms with E-state index in [1.807, 2.05) is 13.8 Å². The summed E-state index contributed by atoms with van der Waals surface area (Å²) in [7, 11) is 0. The largest absolute Gasteiger partial charge is 0.457 e.